The molecule has 0 saturated heterocycles. The topological polar surface area (TPSA) is 69.2 Å². The average molecular weight is 349 g/mol. The third kappa shape index (κ3) is 5.96. The Morgan fingerprint density at radius 2 is 1.74 bits per heavy atom. The molecule has 120 valence electrons. The molecule has 0 aromatic heterocycles. The zero-order valence-corrected chi connectivity index (χ0v) is 13.8. The summed E-state index contributed by atoms with van der Waals surface area (Å²) in [6.45, 7) is 0. The summed E-state index contributed by atoms with van der Waals surface area (Å²) in [4.78, 5) is 24.0. The van der Waals surface area contributed by atoms with Crippen LogP contribution in [-0.4, -0.2) is 17.6 Å². The highest BCUT2D eigenvalue weighted by Gasteiger charge is 2.15. The largest absolute Gasteiger partial charge is 0.550 e. The number of carbonyl (C=O) groups excluding carboxylic acids is 2. The van der Waals surface area contributed by atoms with Crippen molar-refractivity contribution in [2.24, 2.45) is 0 Å². The van der Waals surface area contributed by atoms with Crippen LogP contribution in [-0.2, 0) is 9.59 Å². The van der Waals surface area contributed by atoms with E-state index >= 15 is 0 Å². The summed E-state index contributed by atoms with van der Waals surface area (Å²) in [6, 6.07) is 15.6. The van der Waals surface area contributed by atoms with Crippen molar-refractivity contribution in [2.45, 2.75) is 17.4 Å². The van der Waals surface area contributed by atoms with Crippen LogP contribution in [0, 0.1) is 0 Å². The Bertz CT molecular complexity index is 661. The molecule has 0 spiro atoms. The number of halogens is 1. The van der Waals surface area contributed by atoms with Gasteiger partial charge in [0.25, 0.3) is 0 Å². The Morgan fingerprint density at radius 1 is 1.09 bits per heavy atom. The van der Waals surface area contributed by atoms with Gasteiger partial charge >= 0.3 is 0 Å². The SMILES string of the molecule is O=C([O-])C[C@@H](NC(=O)CSc1ccccc1)c1ccc(Cl)cc1. The Hall–Kier alpha value is -1.98. The molecule has 1 amide bonds. The smallest absolute Gasteiger partial charge is 0.230 e. The van der Waals surface area contributed by atoms with Gasteiger partial charge in [0.1, 0.15) is 0 Å². The number of carboxylic acids is 1. The standard InChI is InChI=1S/C17H16ClNO3S/c18-13-8-6-12(7-9-13)15(10-17(21)22)19-16(20)11-23-14-4-2-1-3-5-14/h1-9,15H,10-11H2,(H,19,20)(H,21,22)/p-1/t15-/m1/s1. The molecule has 0 fully saturated rings. The molecule has 23 heavy (non-hydrogen) atoms. The summed E-state index contributed by atoms with van der Waals surface area (Å²) in [5.41, 5.74) is 0.677. The van der Waals surface area contributed by atoms with Crippen LogP contribution < -0.4 is 10.4 Å². The Labute approximate surface area is 143 Å². The Balaban J connectivity index is 1.98. The van der Waals surface area contributed by atoms with E-state index in [2.05, 4.69) is 5.32 Å². The summed E-state index contributed by atoms with van der Waals surface area (Å²) in [6.07, 6.45) is -0.288. The zero-order chi connectivity index (χ0) is 16.7. The van der Waals surface area contributed by atoms with E-state index < -0.39 is 12.0 Å². The lowest BCUT2D eigenvalue weighted by Crippen LogP contribution is -2.35. The summed E-state index contributed by atoms with van der Waals surface area (Å²) in [5, 5.41) is 14.2. The maximum Gasteiger partial charge on any atom is 0.230 e. The summed E-state index contributed by atoms with van der Waals surface area (Å²) < 4.78 is 0. The molecular weight excluding hydrogens is 334 g/mol. The quantitative estimate of drug-likeness (QED) is 0.780. The minimum atomic E-state index is -1.22. The van der Waals surface area contributed by atoms with Gasteiger partial charge in [0.05, 0.1) is 11.8 Å². The summed E-state index contributed by atoms with van der Waals surface area (Å²) >= 11 is 7.22. The minimum Gasteiger partial charge on any atom is -0.550 e. The first-order valence-electron chi connectivity index (χ1n) is 6.97. The molecule has 0 aliphatic rings. The van der Waals surface area contributed by atoms with E-state index in [1.807, 2.05) is 30.3 Å². The van der Waals surface area contributed by atoms with Crippen LogP contribution in [0.5, 0.6) is 0 Å². The number of amides is 1. The molecule has 2 aromatic rings. The first kappa shape index (κ1) is 17.4. The van der Waals surface area contributed by atoms with Crippen LogP contribution in [0.3, 0.4) is 0 Å². The highest BCUT2D eigenvalue weighted by atomic mass is 35.5. The molecule has 2 rings (SSSR count). The predicted molar refractivity (Wildman–Crippen MR) is 89.1 cm³/mol. The van der Waals surface area contributed by atoms with Crippen molar-refractivity contribution in [3.8, 4) is 0 Å². The van der Waals surface area contributed by atoms with Crippen LogP contribution in [0.2, 0.25) is 5.02 Å². The van der Waals surface area contributed by atoms with Crippen molar-refractivity contribution < 1.29 is 14.7 Å². The van der Waals surface area contributed by atoms with Crippen molar-refractivity contribution >= 4 is 35.2 Å². The Morgan fingerprint density at radius 3 is 2.35 bits per heavy atom. The normalized spacial score (nSPS) is 11.7. The number of benzene rings is 2. The number of hydrogen-bond acceptors (Lipinski definition) is 4. The molecule has 1 N–H and O–H groups in total. The number of thioether (sulfide) groups is 1. The molecule has 1 atom stereocenters. The second-order valence-corrected chi connectivity index (χ2v) is 6.33. The van der Waals surface area contributed by atoms with E-state index in [0.717, 1.165) is 4.90 Å². The van der Waals surface area contributed by atoms with E-state index in [9.17, 15) is 14.7 Å². The number of carbonyl (C=O) groups is 2. The second-order valence-electron chi connectivity index (χ2n) is 4.85. The van der Waals surface area contributed by atoms with Crippen molar-refractivity contribution in [1.82, 2.24) is 5.32 Å². The lowest BCUT2D eigenvalue weighted by atomic mass is 10.0. The molecule has 2 aromatic carbocycles. The molecule has 0 bridgehead atoms. The van der Waals surface area contributed by atoms with E-state index in [0.29, 0.717) is 10.6 Å². The first-order chi connectivity index (χ1) is 11.0. The van der Waals surface area contributed by atoms with Crippen LogP contribution in [0.1, 0.15) is 18.0 Å². The number of hydrogen-bond donors (Lipinski definition) is 1. The van der Waals surface area contributed by atoms with Gasteiger partial charge in [-0.15, -0.1) is 11.8 Å². The maximum absolute atomic E-state index is 12.1. The van der Waals surface area contributed by atoms with Crippen LogP contribution in [0.25, 0.3) is 0 Å². The molecule has 0 saturated carbocycles. The minimum absolute atomic E-state index is 0.209. The van der Waals surface area contributed by atoms with Crippen molar-refractivity contribution in [3.05, 3.63) is 65.2 Å². The van der Waals surface area contributed by atoms with Gasteiger partial charge in [0.2, 0.25) is 5.91 Å². The average Bonchev–Trinajstić information content (AvgIpc) is 2.53. The van der Waals surface area contributed by atoms with E-state index in [1.165, 1.54) is 11.8 Å². The summed E-state index contributed by atoms with van der Waals surface area (Å²) in [5.74, 6) is -1.25. The van der Waals surface area contributed by atoms with E-state index in [-0.39, 0.29) is 18.1 Å². The van der Waals surface area contributed by atoms with Gasteiger partial charge in [-0.25, -0.2) is 0 Å². The highest BCUT2D eigenvalue weighted by Crippen LogP contribution is 2.21. The lowest BCUT2D eigenvalue weighted by Gasteiger charge is -2.20. The number of rotatable bonds is 7. The van der Waals surface area contributed by atoms with Gasteiger partial charge in [-0.2, -0.15) is 0 Å². The highest BCUT2D eigenvalue weighted by molar-refractivity contribution is 8.00. The number of aliphatic carboxylic acids is 1. The van der Waals surface area contributed by atoms with Gasteiger partial charge in [-0.3, -0.25) is 4.79 Å². The Kier molecular flexibility index (Phi) is 6.50. The monoisotopic (exact) mass is 348 g/mol. The van der Waals surface area contributed by atoms with Gasteiger partial charge in [-0.1, -0.05) is 41.9 Å². The molecule has 0 aliphatic carbocycles. The van der Waals surface area contributed by atoms with Crippen molar-refractivity contribution in [2.75, 3.05) is 5.75 Å². The second kappa shape index (κ2) is 8.60. The fourth-order valence-electron chi connectivity index (χ4n) is 2.02. The molecular formula is C17H15ClNO3S-. The third-order valence-corrected chi connectivity index (χ3v) is 4.36. The summed E-state index contributed by atoms with van der Waals surface area (Å²) in [7, 11) is 0. The van der Waals surface area contributed by atoms with Gasteiger partial charge in [-0.05, 0) is 29.8 Å². The lowest BCUT2D eigenvalue weighted by molar-refractivity contribution is -0.306. The first-order valence-corrected chi connectivity index (χ1v) is 8.33. The zero-order valence-electron chi connectivity index (χ0n) is 12.2. The van der Waals surface area contributed by atoms with Gasteiger partial charge < -0.3 is 15.2 Å². The third-order valence-electron chi connectivity index (χ3n) is 3.09. The fourth-order valence-corrected chi connectivity index (χ4v) is 2.87. The van der Waals surface area contributed by atoms with Gasteiger partial charge in [0.15, 0.2) is 0 Å². The van der Waals surface area contributed by atoms with Crippen LogP contribution in [0.4, 0.5) is 0 Å². The van der Waals surface area contributed by atoms with E-state index in [1.54, 1.807) is 24.3 Å². The van der Waals surface area contributed by atoms with Crippen LogP contribution >= 0.6 is 23.4 Å². The maximum atomic E-state index is 12.1. The molecule has 4 nitrogen and oxygen atoms in total. The van der Waals surface area contributed by atoms with E-state index in [4.69, 9.17) is 11.6 Å². The number of carboxylic acid groups (broad SMARTS) is 1. The predicted octanol–water partition coefficient (Wildman–Crippen LogP) is 2.43. The molecule has 0 radical (unpaired) electrons. The van der Waals surface area contributed by atoms with Crippen molar-refractivity contribution in [1.29, 1.82) is 0 Å². The number of nitrogens with one attached hydrogen (secondary N) is 1. The molecule has 6 heteroatoms. The van der Waals surface area contributed by atoms with Crippen molar-refractivity contribution in [3.63, 3.8) is 0 Å². The fraction of sp³-hybridized carbons (Fsp3) is 0.176. The van der Waals surface area contributed by atoms with Crippen LogP contribution in [0.15, 0.2) is 59.5 Å². The van der Waals surface area contributed by atoms with Gasteiger partial charge in [0, 0.05) is 22.3 Å². The molecule has 0 aliphatic heterocycles. The molecule has 0 unspecified atom stereocenters. The molecule has 0 heterocycles.